The molecule has 24 heavy (non-hydrogen) atoms. The first-order chi connectivity index (χ1) is 11.7. The summed E-state index contributed by atoms with van der Waals surface area (Å²) in [6.45, 7) is 1.93. The Kier molecular flexibility index (Phi) is 7.17. The lowest BCUT2D eigenvalue weighted by atomic mass is 10.2. The molecule has 6 nitrogen and oxygen atoms in total. The molecule has 0 spiro atoms. The Hall–Kier alpha value is -2.47. The molecule has 0 radical (unpaired) electrons. The lowest BCUT2D eigenvalue weighted by Crippen LogP contribution is -2.42. The fourth-order valence-electron chi connectivity index (χ4n) is 2.29. The maximum absolute atomic E-state index is 5.66. The number of aliphatic imine (C=N–C) groups is 1. The van der Waals surface area contributed by atoms with E-state index in [4.69, 9.17) is 9.15 Å². The SMILES string of the molecule is CN=C(NCCOc1ccccc1)NCC(c1ccco1)N(C)C. The molecule has 0 aliphatic heterocycles. The van der Waals surface area contributed by atoms with Crippen LogP contribution in [0, 0.1) is 0 Å². The van der Waals surface area contributed by atoms with Crippen LogP contribution in [0.2, 0.25) is 0 Å². The van der Waals surface area contributed by atoms with E-state index in [2.05, 4.69) is 20.5 Å². The molecular weight excluding hydrogens is 304 g/mol. The van der Waals surface area contributed by atoms with Gasteiger partial charge < -0.3 is 19.8 Å². The van der Waals surface area contributed by atoms with Gasteiger partial charge >= 0.3 is 0 Å². The number of benzene rings is 1. The molecule has 1 unspecified atom stereocenters. The van der Waals surface area contributed by atoms with E-state index in [9.17, 15) is 0 Å². The molecule has 1 heterocycles. The number of nitrogens with one attached hydrogen (secondary N) is 2. The van der Waals surface area contributed by atoms with Gasteiger partial charge in [-0.15, -0.1) is 0 Å². The third-order valence-corrected chi connectivity index (χ3v) is 3.59. The first-order valence-corrected chi connectivity index (χ1v) is 8.03. The Morgan fingerprint density at radius 1 is 1.17 bits per heavy atom. The molecule has 6 heteroatoms. The zero-order valence-corrected chi connectivity index (χ0v) is 14.5. The Morgan fingerprint density at radius 3 is 2.58 bits per heavy atom. The predicted octanol–water partition coefficient (Wildman–Crippen LogP) is 2.13. The van der Waals surface area contributed by atoms with Crippen LogP contribution in [0.15, 0.2) is 58.1 Å². The number of furan rings is 1. The minimum atomic E-state index is 0.138. The van der Waals surface area contributed by atoms with Crippen LogP contribution in [0.25, 0.3) is 0 Å². The Bertz CT molecular complexity index is 597. The molecule has 0 bridgehead atoms. The number of para-hydroxylation sites is 1. The minimum absolute atomic E-state index is 0.138. The smallest absolute Gasteiger partial charge is 0.191 e. The monoisotopic (exact) mass is 330 g/mol. The molecule has 0 saturated carbocycles. The standard InChI is InChI=1S/C18H26N4O2/c1-19-18(20-11-13-23-15-8-5-4-6-9-15)21-14-16(22(2)3)17-10-7-12-24-17/h4-10,12,16H,11,13-14H2,1-3H3,(H2,19,20,21). The first kappa shape index (κ1) is 17.9. The van der Waals surface area contributed by atoms with E-state index in [1.165, 1.54) is 0 Å². The van der Waals surface area contributed by atoms with Crippen molar-refractivity contribution in [3.8, 4) is 5.75 Å². The van der Waals surface area contributed by atoms with Crippen LogP contribution < -0.4 is 15.4 Å². The van der Waals surface area contributed by atoms with Crippen molar-refractivity contribution in [2.24, 2.45) is 4.99 Å². The fraction of sp³-hybridized carbons (Fsp3) is 0.389. The van der Waals surface area contributed by atoms with Gasteiger partial charge in [0.25, 0.3) is 0 Å². The van der Waals surface area contributed by atoms with Crippen molar-refractivity contribution in [1.29, 1.82) is 0 Å². The molecular formula is C18H26N4O2. The number of hydrogen-bond donors (Lipinski definition) is 2. The first-order valence-electron chi connectivity index (χ1n) is 8.03. The van der Waals surface area contributed by atoms with Crippen molar-refractivity contribution in [1.82, 2.24) is 15.5 Å². The molecule has 0 amide bonds. The number of guanidine groups is 1. The third kappa shape index (κ3) is 5.62. The van der Waals surface area contributed by atoms with E-state index >= 15 is 0 Å². The topological polar surface area (TPSA) is 62.0 Å². The quantitative estimate of drug-likeness (QED) is 0.441. The van der Waals surface area contributed by atoms with Crippen LogP contribution in [0.3, 0.4) is 0 Å². The highest BCUT2D eigenvalue weighted by Gasteiger charge is 2.17. The fourth-order valence-corrected chi connectivity index (χ4v) is 2.29. The Morgan fingerprint density at radius 2 is 1.96 bits per heavy atom. The van der Waals surface area contributed by atoms with Gasteiger partial charge in [0.05, 0.1) is 18.8 Å². The molecule has 2 rings (SSSR count). The van der Waals surface area contributed by atoms with Gasteiger partial charge in [0.15, 0.2) is 5.96 Å². The van der Waals surface area contributed by atoms with Gasteiger partial charge in [-0.3, -0.25) is 9.89 Å². The van der Waals surface area contributed by atoms with E-state index < -0.39 is 0 Å². The van der Waals surface area contributed by atoms with Gasteiger partial charge in [-0.1, -0.05) is 18.2 Å². The maximum atomic E-state index is 5.66. The van der Waals surface area contributed by atoms with Crippen molar-refractivity contribution < 1.29 is 9.15 Å². The highest BCUT2D eigenvalue weighted by Crippen LogP contribution is 2.17. The van der Waals surface area contributed by atoms with Crippen molar-refractivity contribution in [2.45, 2.75) is 6.04 Å². The second-order valence-electron chi connectivity index (χ2n) is 5.54. The summed E-state index contributed by atoms with van der Waals surface area (Å²) in [5, 5.41) is 6.56. The third-order valence-electron chi connectivity index (χ3n) is 3.59. The van der Waals surface area contributed by atoms with E-state index in [1.807, 2.05) is 56.6 Å². The Labute approximate surface area is 143 Å². The molecule has 1 aromatic heterocycles. The summed E-state index contributed by atoms with van der Waals surface area (Å²) >= 11 is 0. The number of nitrogens with zero attached hydrogens (tertiary/aromatic N) is 2. The number of rotatable bonds is 8. The second kappa shape index (κ2) is 9.62. The zero-order valence-electron chi connectivity index (χ0n) is 14.5. The predicted molar refractivity (Wildman–Crippen MR) is 96.4 cm³/mol. The van der Waals surface area contributed by atoms with Crippen molar-refractivity contribution in [3.63, 3.8) is 0 Å². The summed E-state index contributed by atoms with van der Waals surface area (Å²) in [4.78, 5) is 6.34. The van der Waals surface area contributed by atoms with Crippen LogP contribution in [0.1, 0.15) is 11.8 Å². The van der Waals surface area contributed by atoms with Gasteiger partial charge in [0.1, 0.15) is 18.1 Å². The second-order valence-corrected chi connectivity index (χ2v) is 5.54. The summed E-state index contributed by atoms with van der Waals surface area (Å²) in [5.74, 6) is 2.54. The van der Waals surface area contributed by atoms with E-state index in [0.717, 1.165) is 17.5 Å². The zero-order chi connectivity index (χ0) is 17.2. The highest BCUT2D eigenvalue weighted by atomic mass is 16.5. The largest absolute Gasteiger partial charge is 0.492 e. The summed E-state index contributed by atoms with van der Waals surface area (Å²) in [5.41, 5.74) is 0. The van der Waals surface area contributed by atoms with E-state index in [0.29, 0.717) is 19.7 Å². The molecule has 0 aliphatic rings. The highest BCUT2D eigenvalue weighted by molar-refractivity contribution is 5.79. The normalized spacial score (nSPS) is 12.9. The lowest BCUT2D eigenvalue weighted by Gasteiger charge is -2.23. The number of ether oxygens (including phenoxy) is 1. The summed E-state index contributed by atoms with van der Waals surface area (Å²) in [7, 11) is 5.81. The summed E-state index contributed by atoms with van der Waals surface area (Å²) < 4.78 is 11.2. The molecule has 0 aliphatic carbocycles. The van der Waals surface area contributed by atoms with Crippen molar-refractivity contribution in [2.75, 3.05) is 40.8 Å². The molecule has 1 aromatic carbocycles. The summed E-state index contributed by atoms with van der Waals surface area (Å²) in [6, 6.07) is 13.8. The Balaban J connectivity index is 1.73. The maximum Gasteiger partial charge on any atom is 0.191 e. The van der Waals surface area contributed by atoms with Crippen molar-refractivity contribution in [3.05, 3.63) is 54.5 Å². The van der Waals surface area contributed by atoms with Gasteiger partial charge in [0, 0.05) is 13.6 Å². The van der Waals surface area contributed by atoms with Crippen LogP contribution in [-0.4, -0.2) is 51.7 Å². The van der Waals surface area contributed by atoms with Gasteiger partial charge in [-0.25, -0.2) is 0 Å². The van der Waals surface area contributed by atoms with Crippen LogP contribution >= 0.6 is 0 Å². The molecule has 2 N–H and O–H groups in total. The van der Waals surface area contributed by atoms with Crippen LogP contribution in [0.5, 0.6) is 5.75 Å². The molecule has 0 saturated heterocycles. The number of hydrogen-bond acceptors (Lipinski definition) is 4. The number of likely N-dealkylation sites (N-methyl/N-ethyl adjacent to an activating group) is 1. The van der Waals surface area contributed by atoms with Gasteiger partial charge in [0.2, 0.25) is 0 Å². The molecule has 0 fully saturated rings. The van der Waals surface area contributed by atoms with E-state index in [1.54, 1.807) is 13.3 Å². The summed E-state index contributed by atoms with van der Waals surface area (Å²) in [6.07, 6.45) is 1.69. The average Bonchev–Trinajstić information content (AvgIpc) is 3.12. The van der Waals surface area contributed by atoms with Crippen LogP contribution in [-0.2, 0) is 0 Å². The molecule has 2 aromatic rings. The molecule has 1 atom stereocenters. The minimum Gasteiger partial charge on any atom is -0.492 e. The van der Waals surface area contributed by atoms with E-state index in [-0.39, 0.29) is 6.04 Å². The lowest BCUT2D eigenvalue weighted by molar-refractivity contribution is 0.258. The average molecular weight is 330 g/mol. The molecule has 130 valence electrons. The van der Waals surface area contributed by atoms with Gasteiger partial charge in [-0.05, 0) is 38.4 Å². The van der Waals surface area contributed by atoms with Crippen molar-refractivity contribution >= 4 is 5.96 Å². The van der Waals surface area contributed by atoms with Crippen LogP contribution in [0.4, 0.5) is 0 Å². The van der Waals surface area contributed by atoms with Gasteiger partial charge in [-0.2, -0.15) is 0 Å².